The summed E-state index contributed by atoms with van der Waals surface area (Å²) < 4.78 is 19.8. The molecule has 0 bridgehead atoms. The standard InChI is InChI=1S/C23H30N2O8S2/c1-30-22(28)13-16(24-9-7-18(26)20-5-3-11-32-20)14-34-35-15-17(23(29)31-2)25-10-8-19(27)21-6-4-12-33-21/h3-6,11-12,16-17,24-25H,7-10,13-15H2,1-2H3. The molecule has 0 saturated heterocycles. The molecule has 0 spiro atoms. The van der Waals surface area contributed by atoms with E-state index in [4.69, 9.17) is 18.3 Å². The number of esters is 2. The molecule has 0 radical (unpaired) electrons. The van der Waals surface area contributed by atoms with E-state index in [9.17, 15) is 19.2 Å². The summed E-state index contributed by atoms with van der Waals surface area (Å²) in [5.41, 5.74) is 0. The Bertz CT molecular complexity index is 918. The van der Waals surface area contributed by atoms with Gasteiger partial charge in [0.1, 0.15) is 6.04 Å². The zero-order chi connectivity index (χ0) is 25.5. The maximum absolute atomic E-state index is 12.1. The topological polar surface area (TPSA) is 137 Å². The number of hydrogen-bond acceptors (Lipinski definition) is 12. The third-order valence-electron chi connectivity index (χ3n) is 4.83. The molecule has 0 amide bonds. The molecule has 0 saturated carbocycles. The number of ether oxygens (including phenoxy) is 2. The third kappa shape index (κ3) is 10.7. The van der Waals surface area contributed by atoms with Gasteiger partial charge in [-0.1, -0.05) is 21.6 Å². The summed E-state index contributed by atoms with van der Waals surface area (Å²) >= 11 is 0. The van der Waals surface area contributed by atoms with Crippen LogP contribution < -0.4 is 10.6 Å². The van der Waals surface area contributed by atoms with Crippen LogP contribution in [0, 0.1) is 0 Å². The highest BCUT2D eigenvalue weighted by Gasteiger charge is 2.21. The van der Waals surface area contributed by atoms with Gasteiger partial charge in [-0.2, -0.15) is 0 Å². The molecule has 2 atom stereocenters. The average molecular weight is 527 g/mol. The lowest BCUT2D eigenvalue weighted by Crippen LogP contribution is -2.40. The van der Waals surface area contributed by atoms with E-state index in [2.05, 4.69) is 10.6 Å². The Morgan fingerprint density at radius 2 is 1.43 bits per heavy atom. The molecule has 0 aliphatic carbocycles. The van der Waals surface area contributed by atoms with Crippen LogP contribution in [0.4, 0.5) is 0 Å². The van der Waals surface area contributed by atoms with Gasteiger partial charge in [0.15, 0.2) is 23.1 Å². The average Bonchev–Trinajstić information content (AvgIpc) is 3.59. The van der Waals surface area contributed by atoms with Crippen LogP contribution >= 0.6 is 21.6 Å². The fourth-order valence-corrected chi connectivity index (χ4v) is 5.40. The Labute approximate surface area is 211 Å². The number of rotatable bonds is 18. The molecule has 2 heterocycles. The van der Waals surface area contributed by atoms with Crippen molar-refractivity contribution in [3.63, 3.8) is 0 Å². The second-order valence-corrected chi connectivity index (χ2v) is 9.88. The molecular formula is C23H30N2O8S2. The van der Waals surface area contributed by atoms with Gasteiger partial charge in [-0.3, -0.25) is 19.2 Å². The van der Waals surface area contributed by atoms with E-state index in [1.54, 1.807) is 24.3 Å². The third-order valence-corrected chi connectivity index (χ3v) is 7.32. The van der Waals surface area contributed by atoms with Gasteiger partial charge in [0, 0.05) is 43.5 Å². The minimum atomic E-state index is -0.597. The largest absolute Gasteiger partial charge is 0.469 e. The Balaban J connectivity index is 1.74. The second-order valence-electron chi connectivity index (χ2n) is 7.33. The van der Waals surface area contributed by atoms with Crippen LogP contribution in [0.25, 0.3) is 0 Å². The zero-order valence-electron chi connectivity index (χ0n) is 19.7. The van der Waals surface area contributed by atoms with Crippen molar-refractivity contribution >= 4 is 45.1 Å². The van der Waals surface area contributed by atoms with Crippen LogP contribution in [0.2, 0.25) is 0 Å². The first-order valence-corrected chi connectivity index (χ1v) is 13.4. The lowest BCUT2D eigenvalue weighted by atomic mass is 10.2. The Morgan fingerprint density at radius 3 is 1.94 bits per heavy atom. The van der Waals surface area contributed by atoms with E-state index >= 15 is 0 Å². The molecule has 2 aromatic rings. The first kappa shape index (κ1) is 28.7. The number of hydrogen-bond donors (Lipinski definition) is 2. The quantitative estimate of drug-likeness (QED) is 0.128. The van der Waals surface area contributed by atoms with E-state index in [0.29, 0.717) is 30.4 Å². The van der Waals surface area contributed by atoms with Gasteiger partial charge >= 0.3 is 11.9 Å². The number of methoxy groups -OCH3 is 2. The van der Waals surface area contributed by atoms with Crippen LogP contribution in [0.5, 0.6) is 0 Å². The predicted molar refractivity (Wildman–Crippen MR) is 132 cm³/mol. The normalized spacial score (nSPS) is 12.6. The molecule has 0 aliphatic heterocycles. The second kappa shape index (κ2) is 16.2. The number of Topliss-reactive ketones (excluding diaryl/α,β-unsaturated/α-hetero) is 2. The van der Waals surface area contributed by atoms with Gasteiger partial charge in [-0.15, -0.1) is 0 Å². The molecule has 12 heteroatoms. The van der Waals surface area contributed by atoms with Gasteiger partial charge in [-0.05, 0) is 24.3 Å². The van der Waals surface area contributed by atoms with Crippen molar-refractivity contribution in [3.05, 3.63) is 48.3 Å². The summed E-state index contributed by atoms with van der Waals surface area (Å²) in [6.45, 7) is 0.670. The highest BCUT2D eigenvalue weighted by molar-refractivity contribution is 8.76. The zero-order valence-corrected chi connectivity index (χ0v) is 21.3. The van der Waals surface area contributed by atoms with Gasteiger partial charge in [0.25, 0.3) is 0 Å². The molecule has 0 aliphatic rings. The molecule has 2 N–H and O–H groups in total. The minimum absolute atomic E-state index is 0.126. The fourth-order valence-electron chi connectivity index (χ4n) is 2.94. The van der Waals surface area contributed by atoms with Crippen LogP contribution in [-0.4, -0.2) is 74.4 Å². The molecule has 35 heavy (non-hydrogen) atoms. The highest BCUT2D eigenvalue weighted by atomic mass is 33.1. The maximum atomic E-state index is 12.1. The van der Waals surface area contributed by atoms with Crippen LogP contribution in [0.15, 0.2) is 45.6 Å². The van der Waals surface area contributed by atoms with Crippen molar-refractivity contribution in [2.75, 3.05) is 38.8 Å². The molecule has 2 aromatic heterocycles. The van der Waals surface area contributed by atoms with E-state index in [-0.39, 0.29) is 48.6 Å². The lowest BCUT2D eigenvalue weighted by Gasteiger charge is -2.18. The highest BCUT2D eigenvalue weighted by Crippen LogP contribution is 2.24. The molecule has 192 valence electrons. The molecular weight excluding hydrogens is 496 g/mol. The van der Waals surface area contributed by atoms with Crippen molar-refractivity contribution in [2.45, 2.75) is 31.3 Å². The number of carbonyl (C=O) groups excluding carboxylic acids is 4. The number of nitrogens with one attached hydrogen (secondary N) is 2. The lowest BCUT2D eigenvalue weighted by molar-refractivity contribution is -0.142. The predicted octanol–water partition coefficient (Wildman–Crippen LogP) is 2.75. The van der Waals surface area contributed by atoms with Crippen LogP contribution in [0.3, 0.4) is 0 Å². The molecule has 0 fully saturated rings. The van der Waals surface area contributed by atoms with Crippen molar-refractivity contribution in [1.82, 2.24) is 10.6 Å². The Morgan fingerprint density at radius 1 is 0.857 bits per heavy atom. The van der Waals surface area contributed by atoms with E-state index in [1.807, 2.05) is 0 Å². The summed E-state index contributed by atoms with van der Waals surface area (Å²) in [4.78, 5) is 48.0. The van der Waals surface area contributed by atoms with Crippen molar-refractivity contribution < 1.29 is 37.5 Å². The summed E-state index contributed by atoms with van der Waals surface area (Å²) in [7, 11) is 5.55. The first-order chi connectivity index (χ1) is 16.9. The molecule has 2 unspecified atom stereocenters. The van der Waals surface area contributed by atoms with Crippen molar-refractivity contribution in [2.24, 2.45) is 0 Å². The van der Waals surface area contributed by atoms with E-state index < -0.39 is 12.0 Å². The number of ketones is 2. The Hall–Kier alpha value is -2.54. The van der Waals surface area contributed by atoms with Gasteiger partial charge < -0.3 is 28.9 Å². The number of carbonyl (C=O) groups is 4. The SMILES string of the molecule is COC(=O)CC(CSSCC(NCCC(=O)c1ccco1)C(=O)OC)NCCC(=O)c1ccco1. The summed E-state index contributed by atoms with van der Waals surface area (Å²) in [6, 6.07) is 5.68. The van der Waals surface area contributed by atoms with Crippen LogP contribution in [-0.2, 0) is 19.1 Å². The number of furan rings is 2. The smallest absolute Gasteiger partial charge is 0.323 e. The monoisotopic (exact) mass is 526 g/mol. The van der Waals surface area contributed by atoms with Gasteiger partial charge in [0.05, 0.1) is 33.2 Å². The van der Waals surface area contributed by atoms with E-state index in [1.165, 1.54) is 48.3 Å². The maximum Gasteiger partial charge on any atom is 0.323 e. The molecule has 2 rings (SSSR count). The Kier molecular flexibility index (Phi) is 13.3. The fraction of sp³-hybridized carbons (Fsp3) is 0.478. The van der Waals surface area contributed by atoms with Crippen molar-refractivity contribution in [1.29, 1.82) is 0 Å². The van der Waals surface area contributed by atoms with Gasteiger partial charge in [0.2, 0.25) is 0 Å². The molecule has 0 aromatic carbocycles. The summed E-state index contributed by atoms with van der Waals surface area (Å²) in [5, 5.41) is 6.25. The first-order valence-electron chi connectivity index (χ1n) is 10.9. The van der Waals surface area contributed by atoms with E-state index in [0.717, 1.165) is 0 Å². The summed E-state index contributed by atoms with van der Waals surface area (Å²) in [6.07, 6.45) is 3.44. The summed E-state index contributed by atoms with van der Waals surface area (Å²) in [5.74, 6) is 0.447. The minimum Gasteiger partial charge on any atom is -0.469 e. The van der Waals surface area contributed by atoms with Crippen LogP contribution in [0.1, 0.15) is 40.4 Å². The van der Waals surface area contributed by atoms with Crippen molar-refractivity contribution in [3.8, 4) is 0 Å². The van der Waals surface area contributed by atoms with Gasteiger partial charge in [-0.25, -0.2) is 0 Å². The molecule has 10 nitrogen and oxygen atoms in total.